The Labute approximate surface area is 82.2 Å². The number of likely N-dealkylation sites (N-methyl/N-ethyl adjacent to an activating group) is 1. The lowest BCUT2D eigenvalue weighted by Crippen LogP contribution is -2.19. The molecule has 0 saturated carbocycles. The third-order valence-electron chi connectivity index (χ3n) is 2.64. The highest BCUT2D eigenvalue weighted by atomic mass is 19.1. The summed E-state index contributed by atoms with van der Waals surface area (Å²) in [4.78, 5) is 6.61. The second-order valence-corrected chi connectivity index (χ2v) is 3.58. The normalized spacial score (nSPS) is 19.9. The molecule has 0 fully saturated rings. The molecule has 4 heteroatoms. The smallest absolute Gasteiger partial charge is 0.128 e. The van der Waals surface area contributed by atoms with Gasteiger partial charge in [-0.15, -0.1) is 0 Å². The predicted molar refractivity (Wildman–Crippen MR) is 52.6 cm³/mol. The van der Waals surface area contributed by atoms with Crippen LogP contribution in [0.15, 0.2) is 18.2 Å². The van der Waals surface area contributed by atoms with Crippen molar-refractivity contribution in [3.63, 3.8) is 0 Å². The van der Waals surface area contributed by atoms with Gasteiger partial charge in [-0.05, 0) is 12.1 Å². The van der Waals surface area contributed by atoms with Crippen LogP contribution < -0.4 is 10.8 Å². The van der Waals surface area contributed by atoms with E-state index >= 15 is 0 Å². The Morgan fingerprint density at radius 1 is 1.64 bits per heavy atom. The van der Waals surface area contributed by atoms with Crippen molar-refractivity contribution in [3.8, 4) is 0 Å². The minimum absolute atomic E-state index is 0.0428. The summed E-state index contributed by atoms with van der Waals surface area (Å²) in [6.45, 7) is 1.12. The minimum atomic E-state index is -0.172. The van der Waals surface area contributed by atoms with Crippen LogP contribution in [0.1, 0.15) is 11.5 Å². The molecule has 0 aliphatic carbocycles. The van der Waals surface area contributed by atoms with Crippen LogP contribution in [-0.2, 0) is 4.84 Å². The number of hydrogen-bond donors (Lipinski definition) is 1. The van der Waals surface area contributed by atoms with Gasteiger partial charge in [0.1, 0.15) is 5.82 Å². The average Bonchev–Trinajstić information content (AvgIpc) is 2.46. The Bertz CT molecular complexity index is 343. The van der Waals surface area contributed by atoms with Crippen LogP contribution in [0, 0.1) is 5.82 Å². The molecular weight excluding hydrogens is 183 g/mol. The highest BCUT2D eigenvalue weighted by Crippen LogP contribution is 2.36. The molecule has 0 aromatic heterocycles. The van der Waals surface area contributed by atoms with E-state index in [0.29, 0.717) is 6.61 Å². The highest BCUT2D eigenvalue weighted by molar-refractivity contribution is 5.60. The Hall–Kier alpha value is -1.13. The zero-order chi connectivity index (χ0) is 10.1. The van der Waals surface area contributed by atoms with Gasteiger partial charge in [-0.2, -0.15) is 0 Å². The van der Waals surface area contributed by atoms with Crippen molar-refractivity contribution in [2.24, 2.45) is 5.90 Å². The van der Waals surface area contributed by atoms with Gasteiger partial charge in [0, 0.05) is 30.8 Å². The van der Waals surface area contributed by atoms with Crippen molar-refractivity contribution in [1.29, 1.82) is 0 Å². The van der Waals surface area contributed by atoms with Gasteiger partial charge in [-0.1, -0.05) is 6.07 Å². The van der Waals surface area contributed by atoms with Crippen LogP contribution in [0.5, 0.6) is 0 Å². The van der Waals surface area contributed by atoms with Crippen molar-refractivity contribution in [1.82, 2.24) is 0 Å². The Kier molecular flexibility index (Phi) is 2.39. The first kappa shape index (κ1) is 9.43. The summed E-state index contributed by atoms with van der Waals surface area (Å²) >= 11 is 0. The maximum atomic E-state index is 13.5. The fraction of sp³-hybridized carbons (Fsp3) is 0.400. The molecule has 1 atom stereocenters. The van der Waals surface area contributed by atoms with Gasteiger partial charge < -0.3 is 9.74 Å². The number of anilines is 1. The summed E-state index contributed by atoms with van der Waals surface area (Å²) in [5.41, 5.74) is 1.66. The van der Waals surface area contributed by atoms with E-state index in [1.54, 1.807) is 6.07 Å². The summed E-state index contributed by atoms with van der Waals surface area (Å²) < 4.78 is 13.5. The van der Waals surface area contributed by atoms with Gasteiger partial charge in [0.2, 0.25) is 0 Å². The van der Waals surface area contributed by atoms with Crippen molar-refractivity contribution in [2.45, 2.75) is 5.92 Å². The lowest BCUT2D eigenvalue weighted by molar-refractivity contribution is 0.125. The molecule has 1 aromatic carbocycles. The first-order valence-corrected chi connectivity index (χ1v) is 4.55. The zero-order valence-electron chi connectivity index (χ0n) is 8.03. The van der Waals surface area contributed by atoms with Crippen LogP contribution in [-0.4, -0.2) is 20.2 Å². The van der Waals surface area contributed by atoms with E-state index in [-0.39, 0.29) is 11.7 Å². The van der Waals surface area contributed by atoms with Crippen LogP contribution >= 0.6 is 0 Å². The molecule has 0 amide bonds. The molecule has 14 heavy (non-hydrogen) atoms. The van der Waals surface area contributed by atoms with Crippen LogP contribution in [0.3, 0.4) is 0 Å². The summed E-state index contributed by atoms with van der Waals surface area (Å²) in [7, 11) is 1.94. The van der Waals surface area contributed by atoms with E-state index in [1.165, 1.54) is 6.07 Å². The molecule has 2 rings (SSSR count). The first-order chi connectivity index (χ1) is 6.74. The molecule has 0 bridgehead atoms. The van der Waals surface area contributed by atoms with Crippen molar-refractivity contribution >= 4 is 5.69 Å². The standard InChI is InChI=1S/C10H13FN2O/c1-13-5-7(6-14-12)10-8(11)3-2-4-9(10)13/h2-4,7H,5-6,12H2,1H3. The molecule has 1 aromatic rings. The molecular formula is C10H13FN2O. The molecule has 1 aliphatic rings. The number of halogens is 1. The van der Waals surface area contributed by atoms with Gasteiger partial charge >= 0.3 is 0 Å². The highest BCUT2D eigenvalue weighted by Gasteiger charge is 2.29. The predicted octanol–water partition coefficient (Wildman–Crippen LogP) is 1.25. The molecule has 0 radical (unpaired) electrons. The summed E-state index contributed by atoms with van der Waals surface area (Å²) in [6.07, 6.45) is 0. The average molecular weight is 196 g/mol. The lowest BCUT2D eigenvalue weighted by Gasteiger charge is -2.11. The topological polar surface area (TPSA) is 38.5 Å². The number of nitrogens with two attached hydrogens (primary N) is 1. The van der Waals surface area contributed by atoms with E-state index in [0.717, 1.165) is 17.8 Å². The largest absolute Gasteiger partial charge is 0.374 e. The molecule has 0 spiro atoms. The molecule has 1 aliphatic heterocycles. The fourth-order valence-corrected chi connectivity index (χ4v) is 2.04. The summed E-state index contributed by atoms with van der Waals surface area (Å²) in [5, 5.41) is 0. The summed E-state index contributed by atoms with van der Waals surface area (Å²) in [6, 6.07) is 5.10. The molecule has 1 unspecified atom stereocenters. The van der Waals surface area contributed by atoms with Crippen molar-refractivity contribution in [3.05, 3.63) is 29.6 Å². The summed E-state index contributed by atoms with van der Waals surface area (Å²) in [5.74, 6) is 4.89. The first-order valence-electron chi connectivity index (χ1n) is 4.55. The number of benzene rings is 1. The van der Waals surface area contributed by atoms with Crippen LogP contribution in [0.2, 0.25) is 0 Å². The molecule has 0 saturated heterocycles. The van der Waals surface area contributed by atoms with Gasteiger partial charge in [-0.3, -0.25) is 0 Å². The van der Waals surface area contributed by atoms with E-state index in [4.69, 9.17) is 5.90 Å². The maximum Gasteiger partial charge on any atom is 0.128 e. The van der Waals surface area contributed by atoms with Gasteiger partial charge in [0.25, 0.3) is 0 Å². The Morgan fingerprint density at radius 2 is 2.43 bits per heavy atom. The third kappa shape index (κ3) is 1.36. The molecule has 3 nitrogen and oxygen atoms in total. The second kappa shape index (κ2) is 3.55. The SMILES string of the molecule is CN1CC(CON)c2c(F)cccc21. The second-order valence-electron chi connectivity index (χ2n) is 3.58. The lowest BCUT2D eigenvalue weighted by atomic mass is 10.0. The Morgan fingerprint density at radius 3 is 3.14 bits per heavy atom. The maximum absolute atomic E-state index is 13.5. The number of rotatable bonds is 2. The zero-order valence-corrected chi connectivity index (χ0v) is 8.03. The molecule has 76 valence electrons. The van der Waals surface area contributed by atoms with Gasteiger partial charge in [-0.25, -0.2) is 10.3 Å². The van der Waals surface area contributed by atoms with Gasteiger partial charge in [0.15, 0.2) is 0 Å². The minimum Gasteiger partial charge on any atom is -0.374 e. The van der Waals surface area contributed by atoms with Gasteiger partial charge in [0.05, 0.1) is 6.61 Å². The quantitative estimate of drug-likeness (QED) is 0.723. The fourth-order valence-electron chi connectivity index (χ4n) is 2.04. The van der Waals surface area contributed by atoms with E-state index in [1.807, 2.05) is 18.0 Å². The van der Waals surface area contributed by atoms with Crippen LogP contribution in [0.25, 0.3) is 0 Å². The molecule has 2 N–H and O–H groups in total. The van der Waals surface area contributed by atoms with Crippen molar-refractivity contribution < 1.29 is 9.23 Å². The van der Waals surface area contributed by atoms with Crippen molar-refractivity contribution in [2.75, 3.05) is 25.1 Å². The van der Waals surface area contributed by atoms with E-state index in [2.05, 4.69) is 4.84 Å². The number of hydrogen-bond acceptors (Lipinski definition) is 3. The molecule has 1 heterocycles. The Balaban J connectivity index is 2.40. The number of fused-ring (bicyclic) bond motifs is 1. The van der Waals surface area contributed by atoms with E-state index < -0.39 is 0 Å². The third-order valence-corrected chi connectivity index (χ3v) is 2.64. The van der Waals surface area contributed by atoms with E-state index in [9.17, 15) is 4.39 Å². The number of nitrogens with zero attached hydrogens (tertiary/aromatic N) is 1. The van der Waals surface area contributed by atoms with Crippen LogP contribution in [0.4, 0.5) is 10.1 Å². The monoisotopic (exact) mass is 196 g/mol.